The highest BCUT2D eigenvalue weighted by Gasteiger charge is 2.31. The fraction of sp³-hybridized carbons (Fsp3) is 0.455. The Hall–Kier alpha value is -1.03. The van der Waals surface area contributed by atoms with Crippen LogP contribution in [-0.4, -0.2) is 12.0 Å². The van der Waals surface area contributed by atoms with Gasteiger partial charge in [-0.1, -0.05) is 12.1 Å². The van der Waals surface area contributed by atoms with E-state index in [-0.39, 0.29) is 12.0 Å². The zero-order valence-electron chi connectivity index (χ0n) is 8.73. The normalized spacial score (nSPS) is 15.4. The number of alkyl halides is 2. The Kier molecular flexibility index (Phi) is 3.39. The van der Waals surface area contributed by atoms with E-state index < -0.39 is 17.8 Å². The molecule has 1 nitrogen and oxygen atoms in total. The molecule has 1 aromatic rings. The van der Waals surface area contributed by atoms with Gasteiger partial charge in [0.05, 0.1) is 5.54 Å². The van der Waals surface area contributed by atoms with Crippen LogP contribution in [0.5, 0.6) is 0 Å². The van der Waals surface area contributed by atoms with Crippen LogP contribution < -0.4 is 5.73 Å². The summed E-state index contributed by atoms with van der Waals surface area (Å²) in [6.45, 7) is 2.96. The van der Waals surface area contributed by atoms with E-state index in [1.54, 1.807) is 13.0 Å². The number of nitrogens with two attached hydrogens (primary N) is 1. The number of halogens is 3. The molecule has 0 saturated carbocycles. The molecule has 1 rings (SSSR count). The summed E-state index contributed by atoms with van der Waals surface area (Å²) in [7, 11) is 0. The van der Waals surface area contributed by atoms with Crippen molar-refractivity contribution in [3.63, 3.8) is 0 Å². The quantitative estimate of drug-likeness (QED) is 0.827. The lowest BCUT2D eigenvalue weighted by Crippen LogP contribution is -2.46. The van der Waals surface area contributed by atoms with Crippen molar-refractivity contribution in [1.82, 2.24) is 0 Å². The fourth-order valence-electron chi connectivity index (χ4n) is 1.28. The van der Waals surface area contributed by atoms with E-state index in [4.69, 9.17) is 5.73 Å². The molecule has 0 fully saturated rings. The largest absolute Gasteiger partial charge is 0.320 e. The van der Waals surface area contributed by atoms with Crippen molar-refractivity contribution >= 4 is 0 Å². The highest BCUT2D eigenvalue weighted by molar-refractivity contribution is 5.25. The first-order valence-corrected chi connectivity index (χ1v) is 4.65. The van der Waals surface area contributed by atoms with Crippen LogP contribution in [0.15, 0.2) is 18.2 Å². The molecule has 0 amide bonds. The molecule has 0 aromatic heterocycles. The lowest BCUT2D eigenvalue weighted by Gasteiger charge is -2.23. The van der Waals surface area contributed by atoms with Crippen LogP contribution in [-0.2, 0) is 6.42 Å². The molecule has 15 heavy (non-hydrogen) atoms. The summed E-state index contributed by atoms with van der Waals surface area (Å²) in [4.78, 5) is 0. The van der Waals surface area contributed by atoms with Crippen LogP contribution in [0.1, 0.15) is 18.1 Å². The van der Waals surface area contributed by atoms with Crippen LogP contribution in [0.3, 0.4) is 0 Å². The third-order valence-corrected chi connectivity index (χ3v) is 2.28. The molecule has 1 unspecified atom stereocenters. The lowest BCUT2D eigenvalue weighted by atomic mass is 9.93. The second-order valence-electron chi connectivity index (χ2n) is 4.08. The van der Waals surface area contributed by atoms with Crippen LogP contribution in [0.4, 0.5) is 13.2 Å². The Morgan fingerprint density at radius 2 is 2.00 bits per heavy atom. The van der Waals surface area contributed by atoms with E-state index in [0.29, 0.717) is 0 Å². The molecule has 84 valence electrons. The van der Waals surface area contributed by atoms with E-state index >= 15 is 0 Å². The Morgan fingerprint density at radius 1 is 1.40 bits per heavy atom. The Bertz CT molecular complexity index is 348. The summed E-state index contributed by atoms with van der Waals surface area (Å²) < 4.78 is 38.3. The van der Waals surface area contributed by atoms with Gasteiger partial charge in [-0.15, -0.1) is 0 Å². The Labute approximate surface area is 87.1 Å². The van der Waals surface area contributed by atoms with Crippen molar-refractivity contribution < 1.29 is 13.2 Å². The molecule has 0 spiro atoms. The molecule has 1 atom stereocenters. The van der Waals surface area contributed by atoms with Gasteiger partial charge < -0.3 is 5.73 Å². The van der Waals surface area contributed by atoms with Crippen molar-refractivity contribution in [2.24, 2.45) is 5.73 Å². The Balaban J connectivity index is 2.90. The smallest absolute Gasteiger partial charge is 0.256 e. The molecule has 0 aliphatic heterocycles. The van der Waals surface area contributed by atoms with Crippen molar-refractivity contribution in [1.29, 1.82) is 0 Å². The second-order valence-corrected chi connectivity index (χ2v) is 4.08. The highest BCUT2D eigenvalue weighted by Crippen LogP contribution is 2.20. The lowest BCUT2D eigenvalue weighted by molar-refractivity contribution is 0.0635. The van der Waals surface area contributed by atoms with Crippen LogP contribution in [0.25, 0.3) is 0 Å². The molecule has 0 heterocycles. The maximum absolute atomic E-state index is 13.3. The SMILES string of the molecule is Cc1ccc(CC(C)(N)C(F)F)c(F)c1. The molecule has 0 bridgehead atoms. The topological polar surface area (TPSA) is 26.0 Å². The molecule has 4 heteroatoms. The molecular formula is C11H14F3N. The number of aryl methyl sites for hydroxylation is 1. The van der Waals surface area contributed by atoms with Gasteiger partial charge in [0.25, 0.3) is 6.43 Å². The first kappa shape index (κ1) is 12.0. The van der Waals surface area contributed by atoms with Gasteiger partial charge in [0, 0.05) is 0 Å². The van der Waals surface area contributed by atoms with Gasteiger partial charge in [0.15, 0.2) is 0 Å². The average molecular weight is 217 g/mol. The maximum atomic E-state index is 13.3. The molecule has 0 saturated heterocycles. The molecule has 0 aliphatic rings. The van der Waals surface area contributed by atoms with E-state index in [9.17, 15) is 13.2 Å². The minimum atomic E-state index is -2.67. The van der Waals surface area contributed by atoms with Gasteiger partial charge >= 0.3 is 0 Å². The van der Waals surface area contributed by atoms with Gasteiger partial charge in [0.2, 0.25) is 0 Å². The minimum absolute atomic E-state index is 0.170. The minimum Gasteiger partial charge on any atom is -0.320 e. The monoisotopic (exact) mass is 217 g/mol. The summed E-state index contributed by atoms with van der Waals surface area (Å²) in [6.07, 6.45) is -2.84. The number of rotatable bonds is 3. The van der Waals surface area contributed by atoms with Crippen molar-refractivity contribution in [3.05, 3.63) is 35.1 Å². The summed E-state index contributed by atoms with van der Waals surface area (Å²) in [5.41, 5.74) is 4.68. The fourth-order valence-corrected chi connectivity index (χ4v) is 1.28. The van der Waals surface area contributed by atoms with Gasteiger partial charge in [-0.2, -0.15) is 0 Å². The van der Waals surface area contributed by atoms with Gasteiger partial charge in [-0.3, -0.25) is 0 Å². The van der Waals surface area contributed by atoms with Crippen molar-refractivity contribution in [2.45, 2.75) is 32.2 Å². The number of hydrogen-bond donors (Lipinski definition) is 1. The molecule has 1 aromatic carbocycles. The highest BCUT2D eigenvalue weighted by atomic mass is 19.3. The van der Waals surface area contributed by atoms with Crippen LogP contribution >= 0.6 is 0 Å². The third kappa shape index (κ3) is 2.96. The summed E-state index contributed by atoms with van der Waals surface area (Å²) in [5, 5.41) is 0. The zero-order chi connectivity index (χ0) is 11.6. The summed E-state index contributed by atoms with van der Waals surface area (Å²) >= 11 is 0. The first-order valence-electron chi connectivity index (χ1n) is 4.65. The maximum Gasteiger partial charge on any atom is 0.256 e. The molecule has 0 radical (unpaired) electrons. The molecule has 0 aliphatic carbocycles. The van der Waals surface area contributed by atoms with Gasteiger partial charge in [-0.25, -0.2) is 13.2 Å². The standard InChI is InChI=1S/C11H14F3N/c1-7-3-4-8(9(12)5-7)6-11(2,15)10(13)14/h3-5,10H,6,15H2,1-2H3. The predicted octanol–water partition coefficient (Wildman–Crippen LogP) is 2.66. The molecular weight excluding hydrogens is 203 g/mol. The van der Waals surface area contributed by atoms with E-state index in [2.05, 4.69) is 0 Å². The van der Waals surface area contributed by atoms with Gasteiger partial charge in [-0.05, 0) is 37.5 Å². The second kappa shape index (κ2) is 4.23. The first-order chi connectivity index (χ1) is 6.83. The summed E-state index contributed by atoms with van der Waals surface area (Å²) in [6, 6.07) is 4.50. The average Bonchev–Trinajstić information content (AvgIpc) is 2.09. The van der Waals surface area contributed by atoms with Gasteiger partial charge in [0.1, 0.15) is 5.82 Å². The van der Waals surface area contributed by atoms with E-state index in [1.165, 1.54) is 19.1 Å². The predicted molar refractivity (Wildman–Crippen MR) is 53.4 cm³/mol. The van der Waals surface area contributed by atoms with Crippen LogP contribution in [0, 0.1) is 12.7 Å². The third-order valence-electron chi connectivity index (χ3n) is 2.28. The molecule has 2 N–H and O–H groups in total. The summed E-state index contributed by atoms with van der Waals surface area (Å²) in [5.74, 6) is -0.479. The van der Waals surface area contributed by atoms with Crippen molar-refractivity contribution in [3.8, 4) is 0 Å². The Morgan fingerprint density at radius 3 is 2.47 bits per heavy atom. The zero-order valence-corrected chi connectivity index (χ0v) is 8.73. The van der Waals surface area contributed by atoms with Crippen LogP contribution in [0.2, 0.25) is 0 Å². The van der Waals surface area contributed by atoms with Crippen molar-refractivity contribution in [2.75, 3.05) is 0 Å². The number of benzene rings is 1. The van der Waals surface area contributed by atoms with E-state index in [1.807, 2.05) is 0 Å². The number of hydrogen-bond acceptors (Lipinski definition) is 1. The van der Waals surface area contributed by atoms with E-state index in [0.717, 1.165) is 5.56 Å².